The first-order valence-corrected chi connectivity index (χ1v) is 11.9. The maximum atomic E-state index is 13.1. The number of benzene rings is 2. The fourth-order valence-electron chi connectivity index (χ4n) is 4.99. The van der Waals surface area contributed by atoms with Gasteiger partial charge in [-0.1, -0.05) is 30.3 Å². The maximum Gasteiger partial charge on any atom is 0.124 e. The molecule has 4 nitrogen and oxygen atoms in total. The lowest BCUT2D eigenvalue weighted by Crippen LogP contribution is -2.33. The highest BCUT2D eigenvalue weighted by Crippen LogP contribution is 2.29. The molecule has 1 aliphatic heterocycles. The summed E-state index contributed by atoms with van der Waals surface area (Å²) in [6.07, 6.45) is 5.00. The summed E-state index contributed by atoms with van der Waals surface area (Å²) in [5, 5.41) is 0. The molecule has 0 N–H and O–H groups in total. The summed E-state index contributed by atoms with van der Waals surface area (Å²) in [5.74, 6) is 1.47. The molecule has 0 saturated carbocycles. The molecule has 170 valence electrons. The fraction of sp³-hybridized carbons (Fsp3) is 0.357. The van der Waals surface area contributed by atoms with Crippen LogP contribution in [0.2, 0.25) is 0 Å². The Kier molecular flexibility index (Phi) is 6.23. The summed E-state index contributed by atoms with van der Waals surface area (Å²) in [6, 6.07) is 19.9. The van der Waals surface area contributed by atoms with Gasteiger partial charge < -0.3 is 4.57 Å². The zero-order chi connectivity index (χ0) is 22.8. The third-order valence-electron chi connectivity index (χ3n) is 6.73. The van der Waals surface area contributed by atoms with Gasteiger partial charge in [0.25, 0.3) is 0 Å². The third kappa shape index (κ3) is 4.83. The number of pyridine rings is 1. The monoisotopic (exact) mass is 442 g/mol. The molecule has 4 aromatic rings. The average molecular weight is 443 g/mol. The van der Waals surface area contributed by atoms with Crippen molar-refractivity contribution in [3.8, 4) is 0 Å². The number of para-hydroxylation sites is 2. The topological polar surface area (TPSA) is 34.0 Å². The number of rotatable bonds is 6. The Bertz CT molecular complexity index is 1200. The van der Waals surface area contributed by atoms with Gasteiger partial charge in [0.15, 0.2) is 0 Å². The lowest BCUT2D eigenvalue weighted by Gasteiger charge is -2.31. The van der Waals surface area contributed by atoms with Gasteiger partial charge in [0.1, 0.15) is 11.6 Å². The Morgan fingerprint density at radius 1 is 0.939 bits per heavy atom. The molecule has 3 heterocycles. The van der Waals surface area contributed by atoms with Crippen molar-refractivity contribution < 1.29 is 4.39 Å². The SMILES string of the molecule is CC(C)n1c(CN2CCC(c3ccc(Cc4ccc(F)cc4)cn3)CC2)nc2ccccc21. The number of hydrogen-bond acceptors (Lipinski definition) is 3. The first kappa shape index (κ1) is 21.8. The lowest BCUT2D eigenvalue weighted by molar-refractivity contribution is 0.196. The van der Waals surface area contributed by atoms with E-state index in [4.69, 9.17) is 9.97 Å². The van der Waals surface area contributed by atoms with Crippen molar-refractivity contribution in [2.75, 3.05) is 13.1 Å². The standard InChI is InChI=1S/C28H31FN4/c1-20(2)33-27-6-4-3-5-26(27)31-28(33)19-32-15-13-23(14-16-32)25-12-9-22(18-30-25)17-21-7-10-24(29)11-8-21/h3-12,18,20,23H,13-17,19H2,1-2H3. The number of likely N-dealkylation sites (tertiary alicyclic amines) is 1. The van der Waals surface area contributed by atoms with E-state index in [0.29, 0.717) is 12.0 Å². The fourth-order valence-corrected chi connectivity index (χ4v) is 4.99. The van der Waals surface area contributed by atoms with E-state index >= 15 is 0 Å². The Morgan fingerprint density at radius 3 is 2.36 bits per heavy atom. The molecule has 0 radical (unpaired) electrons. The molecule has 1 saturated heterocycles. The van der Waals surface area contributed by atoms with E-state index in [1.54, 1.807) is 0 Å². The van der Waals surface area contributed by atoms with Crippen molar-refractivity contribution in [3.63, 3.8) is 0 Å². The van der Waals surface area contributed by atoms with Gasteiger partial charge in [0.05, 0.1) is 17.6 Å². The van der Waals surface area contributed by atoms with E-state index in [0.717, 1.165) is 61.4 Å². The van der Waals surface area contributed by atoms with Gasteiger partial charge >= 0.3 is 0 Å². The summed E-state index contributed by atoms with van der Waals surface area (Å²) >= 11 is 0. The second-order valence-corrected chi connectivity index (χ2v) is 9.43. The molecule has 5 rings (SSSR count). The molecule has 2 aromatic heterocycles. The van der Waals surface area contributed by atoms with Crippen molar-refractivity contribution >= 4 is 11.0 Å². The first-order chi connectivity index (χ1) is 16.1. The van der Waals surface area contributed by atoms with Crippen LogP contribution in [0, 0.1) is 5.82 Å². The van der Waals surface area contributed by atoms with Crippen LogP contribution in [0.15, 0.2) is 66.9 Å². The van der Waals surface area contributed by atoms with E-state index in [2.05, 4.69) is 59.7 Å². The van der Waals surface area contributed by atoms with Crippen LogP contribution in [-0.4, -0.2) is 32.5 Å². The minimum atomic E-state index is -0.194. The summed E-state index contributed by atoms with van der Waals surface area (Å²) < 4.78 is 15.5. The van der Waals surface area contributed by atoms with Crippen LogP contribution in [0.3, 0.4) is 0 Å². The average Bonchev–Trinajstić information content (AvgIpc) is 3.20. The number of imidazole rings is 1. The van der Waals surface area contributed by atoms with Crippen LogP contribution < -0.4 is 0 Å². The quantitative estimate of drug-likeness (QED) is 0.361. The lowest BCUT2D eigenvalue weighted by atomic mass is 9.92. The van der Waals surface area contributed by atoms with Crippen LogP contribution in [0.25, 0.3) is 11.0 Å². The Hall–Kier alpha value is -3.05. The molecule has 2 aromatic carbocycles. The molecule has 5 heteroatoms. The van der Waals surface area contributed by atoms with E-state index in [9.17, 15) is 4.39 Å². The van der Waals surface area contributed by atoms with Crippen molar-refractivity contribution in [1.82, 2.24) is 19.4 Å². The van der Waals surface area contributed by atoms with E-state index in [1.807, 2.05) is 18.3 Å². The Labute approximate surface area is 195 Å². The van der Waals surface area contributed by atoms with Gasteiger partial charge in [-0.05, 0) is 87.7 Å². The Balaban J connectivity index is 1.20. The highest BCUT2D eigenvalue weighted by molar-refractivity contribution is 5.76. The second kappa shape index (κ2) is 9.44. The summed E-state index contributed by atoms with van der Waals surface area (Å²) in [4.78, 5) is 12.3. The smallest absolute Gasteiger partial charge is 0.124 e. The van der Waals surface area contributed by atoms with Crippen LogP contribution in [0.4, 0.5) is 4.39 Å². The Morgan fingerprint density at radius 2 is 1.67 bits per heavy atom. The number of nitrogens with zero attached hydrogens (tertiary/aromatic N) is 4. The maximum absolute atomic E-state index is 13.1. The van der Waals surface area contributed by atoms with Crippen molar-refractivity contribution in [3.05, 3.63) is 95.3 Å². The minimum absolute atomic E-state index is 0.194. The molecule has 0 unspecified atom stereocenters. The number of hydrogen-bond donors (Lipinski definition) is 0. The normalized spacial score (nSPS) is 15.5. The van der Waals surface area contributed by atoms with Crippen LogP contribution in [0.5, 0.6) is 0 Å². The van der Waals surface area contributed by atoms with Crippen LogP contribution >= 0.6 is 0 Å². The van der Waals surface area contributed by atoms with Gasteiger partial charge in [0.2, 0.25) is 0 Å². The molecule has 0 aliphatic carbocycles. The van der Waals surface area contributed by atoms with Gasteiger partial charge in [-0.15, -0.1) is 0 Å². The van der Waals surface area contributed by atoms with E-state index in [1.165, 1.54) is 23.3 Å². The molecule has 0 atom stereocenters. The molecule has 1 fully saturated rings. The molecule has 0 amide bonds. The molecule has 1 aliphatic rings. The van der Waals surface area contributed by atoms with Crippen LogP contribution in [0.1, 0.15) is 61.3 Å². The van der Waals surface area contributed by atoms with E-state index < -0.39 is 0 Å². The molecule has 0 bridgehead atoms. The summed E-state index contributed by atoms with van der Waals surface area (Å²) in [5.41, 5.74) is 5.76. The van der Waals surface area contributed by atoms with Gasteiger partial charge in [-0.2, -0.15) is 0 Å². The van der Waals surface area contributed by atoms with Crippen molar-refractivity contribution in [2.24, 2.45) is 0 Å². The third-order valence-corrected chi connectivity index (χ3v) is 6.73. The predicted molar refractivity (Wildman–Crippen MR) is 131 cm³/mol. The number of piperidine rings is 1. The summed E-state index contributed by atoms with van der Waals surface area (Å²) in [7, 11) is 0. The molecule has 0 spiro atoms. The molecular weight excluding hydrogens is 411 g/mol. The largest absolute Gasteiger partial charge is 0.324 e. The minimum Gasteiger partial charge on any atom is -0.324 e. The van der Waals surface area contributed by atoms with Crippen molar-refractivity contribution in [2.45, 2.75) is 51.6 Å². The van der Waals surface area contributed by atoms with Gasteiger partial charge in [0, 0.05) is 23.9 Å². The van der Waals surface area contributed by atoms with Crippen LogP contribution in [-0.2, 0) is 13.0 Å². The van der Waals surface area contributed by atoms with Gasteiger partial charge in [-0.25, -0.2) is 9.37 Å². The van der Waals surface area contributed by atoms with E-state index in [-0.39, 0.29) is 5.82 Å². The number of fused-ring (bicyclic) bond motifs is 1. The molecule has 33 heavy (non-hydrogen) atoms. The second-order valence-electron chi connectivity index (χ2n) is 9.43. The number of halogens is 1. The number of aromatic nitrogens is 3. The highest BCUT2D eigenvalue weighted by atomic mass is 19.1. The van der Waals surface area contributed by atoms with Crippen molar-refractivity contribution in [1.29, 1.82) is 0 Å². The molecular formula is C28H31FN4. The first-order valence-electron chi connectivity index (χ1n) is 11.9. The zero-order valence-corrected chi connectivity index (χ0v) is 19.4. The van der Waals surface area contributed by atoms with Gasteiger partial charge in [-0.3, -0.25) is 9.88 Å². The zero-order valence-electron chi connectivity index (χ0n) is 19.4. The highest BCUT2D eigenvalue weighted by Gasteiger charge is 2.23. The predicted octanol–water partition coefficient (Wildman–Crippen LogP) is 6.12. The summed E-state index contributed by atoms with van der Waals surface area (Å²) in [6.45, 7) is 7.48.